The van der Waals surface area contributed by atoms with Gasteiger partial charge in [-0.3, -0.25) is 0 Å². The van der Waals surface area contributed by atoms with Gasteiger partial charge in [-0.2, -0.15) is 4.31 Å². The number of sulfonamides is 1. The molecule has 1 fully saturated rings. The molecule has 21 heavy (non-hydrogen) atoms. The first-order valence-corrected chi connectivity index (χ1v) is 8.93. The highest BCUT2D eigenvalue weighted by Gasteiger charge is 2.30. The Morgan fingerprint density at radius 1 is 1.33 bits per heavy atom. The van der Waals surface area contributed by atoms with Crippen LogP contribution in [0.25, 0.3) is 6.08 Å². The SMILES string of the molecule is CCN(C)CC1CCN(S(=O)(=O)C=Cc2ccccc2)C1. The van der Waals surface area contributed by atoms with Crippen molar-refractivity contribution in [3.05, 3.63) is 41.3 Å². The summed E-state index contributed by atoms with van der Waals surface area (Å²) in [6.07, 6.45) is 2.61. The van der Waals surface area contributed by atoms with Crippen molar-refractivity contribution in [3.63, 3.8) is 0 Å². The smallest absolute Gasteiger partial charge is 0.236 e. The maximum atomic E-state index is 12.3. The van der Waals surface area contributed by atoms with Gasteiger partial charge in [0.2, 0.25) is 10.0 Å². The van der Waals surface area contributed by atoms with Crippen LogP contribution in [0.2, 0.25) is 0 Å². The number of nitrogens with zero attached hydrogens (tertiary/aromatic N) is 2. The Labute approximate surface area is 128 Å². The van der Waals surface area contributed by atoms with Crippen LogP contribution in [0.15, 0.2) is 35.7 Å². The molecule has 0 N–H and O–H groups in total. The molecular formula is C16H24N2O2S. The highest BCUT2D eigenvalue weighted by molar-refractivity contribution is 7.92. The van der Waals surface area contributed by atoms with E-state index in [0.29, 0.717) is 19.0 Å². The highest BCUT2D eigenvalue weighted by atomic mass is 32.2. The fourth-order valence-electron chi connectivity index (χ4n) is 2.56. The molecule has 0 amide bonds. The van der Waals surface area contributed by atoms with Crippen molar-refractivity contribution in [3.8, 4) is 0 Å². The van der Waals surface area contributed by atoms with Gasteiger partial charge >= 0.3 is 0 Å². The summed E-state index contributed by atoms with van der Waals surface area (Å²) in [5.74, 6) is 0.440. The largest absolute Gasteiger partial charge is 0.306 e. The topological polar surface area (TPSA) is 40.6 Å². The lowest BCUT2D eigenvalue weighted by atomic mass is 10.1. The first-order valence-electron chi connectivity index (χ1n) is 7.43. The van der Waals surface area contributed by atoms with E-state index in [1.165, 1.54) is 5.41 Å². The molecule has 1 heterocycles. The summed E-state index contributed by atoms with van der Waals surface area (Å²) in [4.78, 5) is 2.24. The van der Waals surface area contributed by atoms with Crippen LogP contribution in [0.5, 0.6) is 0 Å². The van der Waals surface area contributed by atoms with Crippen molar-refractivity contribution in [1.29, 1.82) is 0 Å². The third-order valence-electron chi connectivity index (χ3n) is 3.95. The second-order valence-corrected chi connectivity index (χ2v) is 7.44. The fourth-order valence-corrected chi connectivity index (χ4v) is 3.84. The number of hydrogen-bond donors (Lipinski definition) is 0. The Hall–Kier alpha value is -1.17. The average molecular weight is 308 g/mol. The van der Waals surface area contributed by atoms with Gasteiger partial charge in [0.15, 0.2) is 0 Å². The summed E-state index contributed by atoms with van der Waals surface area (Å²) in [6.45, 7) is 5.34. The maximum Gasteiger partial charge on any atom is 0.236 e. The van der Waals surface area contributed by atoms with Crippen LogP contribution < -0.4 is 0 Å². The van der Waals surface area contributed by atoms with E-state index in [-0.39, 0.29) is 0 Å². The standard InChI is InChI=1S/C16H24N2O2S/c1-3-17(2)13-16-9-11-18(14-16)21(19,20)12-10-15-7-5-4-6-8-15/h4-8,10,12,16H,3,9,11,13-14H2,1-2H3. The Balaban J connectivity index is 1.96. The Kier molecular flexibility index (Phi) is 5.56. The Morgan fingerprint density at radius 3 is 2.71 bits per heavy atom. The molecule has 0 aromatic heterocycles. The van der Waals surface area contributed by atoms with Gasteiger partial charge in [0.25, 0.3) is 0 Å². The second-order valence-electron chi connectivity index (χ2n) is 5.63. The van der Waals surface area contributed by atoms with Gasteiger partial charge < -0.3 is 4.90 Å². The van der Waals surface area contributed by atoms with E-state index in [4.69, 9.17) is 0 Å². The molecule has 5 heteroatoms. The lowest BCUT2D eigenvalue weighted by Crippen LogP contribution is -2.30. The predicted octanol–water partition coefficient (Wildman–Crippen LogP) is 2.26. The molecule has 1 aromatic carbocycles. The highest BCUT2D eigenvalue weighted by Crippen LogP contribution is 2.21. The minimum absolute atomic E-state index is 0.440. The molecular weight excluding hydrogens is 284 g/mol. The number of benzene rings is 1. The molecule has 1 unspecified atom stereocenters. The van der Waals surface area contributed by atoms with E-state index < -0.39 is 10.0 Å². The molecule has 2 rings (SSSR count). The van der Waals surface area contributed by atoms with Crippen LogP contribution in [0.3, 0.4) is 0 Å². The summed E-state index contributed by atoms with van der Waals surface area (Å²) in [6, 6.07) is 9.52. The first kappa shape index (κ1) is 16.2. The second kappa shape index (κ2) is 7.20. The third kappa shape index (κ3) is 4.66. The average Bonchev–Trinajstić information content (AvgIpc) is 2.95. The van der Waals surface area contributed by atoms with Crippen LogP contribution in [0.4, 0.5) is 0 Å². The Morgan fingerprint density at radius 2 is 2.05 bits per heavy atom. The van der Waals surface area contributed by atoms with E-state index >= 15 is 0 Å². The summed E-state index contributed by atoms with van der Waals surface area (Å²) >= 11 is 0. The zero-order valence-electron chi connectivity index (χ0n) is 12.8. The summed E-state index contributed by atoms with van der Waals surface area (Å²) in [7, 11) is -1.22. The zero-order valence-corrected chi connectivity index (χ0v) is 13.6. The van der Waals surface area contributed by atoms with E-state index in [1.54, 1.807) is 10.4 Å². The van der Waals surface area contributed by atoms with Gasteiger partial charge in [-0.1, -0.05) is 37.3 Å². The van der Waals surface area contributed by atoms with Crippen LogP contribution in [-0.4, -0.2) is 50.8 Å². The minimum atomic E-state index is -3.30. The maximum absolute atomic E-state index is 12.3. The molecule has 1 aliphatic rings. The predicted molar refractivity (Wildman–Crippen MR) is 87.2 cm³/mol. The monoisotopic (exact) mass is 308 g/mol. The van der Waals surface area contributed by atoms with Gasteiger partial charge in [0, 0.05) is 25.0 Å². The summed E-state index contributed by atoms with van der Waals surface area (Å²) < 4.78 is 26.3. The van der Waals surface area contributed by atoms with Crippen LogP contribution in [0, 0.1) is 5.92 Å². The van der Waals surface area contributed by atoms with Crippen LogP contribution in [0.1, 0.15) is 18.9 Å². The number of rotatable bonds is 6. The van der Waals surface area contributed by atoms with E-state index in [2.05, 4.69) is 18.9 Å². The Bertz CT molecular complexity index is 569. The molecule has 1 aliphatic heterocycles. The van der Waals surface area contributed by atoms with Crippen molar-refractivity contribution < 1.29 is 8.42 Å². The normalized spacial score (nSPS) is 20.6. The molecule has 1 atom stereocenters. The van der Waals surface area contributed by atoms with E-state index in [9.17, 15) is 8.42 Å². The summed E-state index contributed by atoms with van der Waals surface area (Å²) in [5, 5.41) is 1.33. The van der Waals surface area contributed by atoms with Crippen molar-refractivity contribution in [2.75, 3.05) is 33.2 Å². The fraction of sp³-hybridized carbons (Fsp3) is 0.500. The van der Waals surface area contributed by atoms with Gasteiger partial charge in [0.1, 0.15) is 0 Å². The first-order chi connectivity index (χ1) is 10.0. The molecule has 0 radical (unpaired) electrons. The van der Waals surface area contributed by atoms with Crippen molar-refractivity contribution in [1.82, 2.24) is 9.21 Å². The van der Waals surface area contributed by atoms with E-state index in [0.717, 1.165) is 25.1 Å². The lowest BCUT2D eigenvalue weighted by Gasteiger charge is -2.19. The van der Waals surface area contributed by atoms with Crippen LogP contribution in [-0.2, 0) is 10.0 Å². The molecule has 0 aliphatic carbocycles. The molecule has 0 saturated carbocycles. The molecule has 116 valence electrons. The molecule has 0 bridgehead atoms. The lowest BCUT2D eigenvalue weighted by molar-refractivity contribution is 0.293. The van der Waals surface area contributed by atoms with Crippen molar-refractivity contribution in [2.24, 2.45) is 5.92 Å². The van der Waals surface area contributed by atoms with Crippen molar-refractivity contribution in [2.45, 2.75) is 13.3 Å². The summed E-state index contributed by atoms with van der Waals surface area (Å²) in [5.41, 5.74) is 0.905. The van der Waals surface area contributed by atoms with E-state index in [1.807, 2.05) is 30.3 Å². The number of hydrogen-bond acceptors (Lipinski definition) is 3. The van der Waals surface area contributed by atoms with Crippen molar-refractivity contribution >= 4 is 16.1 Å². The van der Waals surface area contributed by atoms with Gasteiger partial charge in [-0.15, -0.1) is 0 Å². The molecule has 1 aromatic rings. The minimum Gasteiger partial charge on any atom is -0.306 e. The molecule has 0 spiro atoms. The third-order valence-corrected chi connectivity index (χ3v) is 5.48. The van der Waals surface area contributed by atoms with Gasteiger partial charge in [-0.05, 0) is 37.6 Å². The van der Waals surface area contributed by atoms with Crippen LogP contribution >= 0.6 is 0 Å². The van der Waals surface area contributed by atoms with Gasteiger partial charge in [0.05, 0.1) is 0 Å². The zero-order chi connectivity index (χ0) is 15.3. The molecule has 1 saturated heterocycles. The molecule has 4 nitrogen and oxygen atoms in total. The van der Waals surface area contributed by atoms with Gasteiger partial charge in [-0.25, -0.2) is 8.42 Å². The quantitative estimate of drug-likeness (QED) is 0.809.